The Labute approximate surface area is 175 Å². The zero-order valence-corrected chi connectivity index (χ0v) is 16.4. The molecule has 1 unspecified atom stereocenters. The van der Waals surface area contributed by atoms with Gasteiger partial charge in [0, 0.05) is 34.8 Å². The monoisotopic (exact) mass is 395 g/mol. The van der Waals surface area contributed by atoms with E-state index in [1.165, 1.54) is 12.4 Å². The summed E-state index contributed by atoms with van der Waals surface area (Å²) in [5.74, 6) is -0.145. The molecule has 2 aromatic carbocycles. The summed E-state index contributed by atoms with van der Waals surface area (Å²) in [4.78, 5) is 21.4. The highest BCUT2D eigenvalue weighted by Crippen LogP contribution is 2.39. The van der Waals surface area contributed by atoms with Gasteiger partial charge in [0.05, 0.1) is 12.2 Å². The van der Waals surface area contributed by atoms with Crippen molar-refractivity contribution in [2.45, 2.75) is 6.23 Å². The van der Waals surface area contributed by atoms with Crippen molar-refractivity contribution in [2.75, 3.05) is 11.9 Å². The summed E-state index contributed by atoms with van der Waals surface area (Å²) in [7, 11) is 0. The van der Waals surface area contributed by atoms with E-state index < -0.39 is 6.23 Å². The number of hydrogen-bond acceptors (Lipinski definition) is 5. The van der Waals surface area contributed by atoms with Crippen LogP contribution in [-0.4, -0.2) is 28.6 Å². The quantitative estimate of drug-likeness (QED) is 0.471. The Morgan fingerprint density at radius 2 is 1.80 bits per heavy atom. The molecule has 1 N–H and O–H groups in total. The lowest BCUT2D eigenvalue weighted by molar-refractivity contribution is -0.112. The van der Waals surface area contributed by atoms with E-state index in [2.05, 4.69) is 21.9 Å². The lowest BCUT2D eigenvalue weighted by atomic mass is 9.86. The number of fused-ring (bicyclic) bond motifs is 1. The fourth-order valence-electron chi connectivity index (χ4n) is 3.43. The molecule has 5 heteroatoms. The lowest BCUT2D eigenvalue weighted by Crippen LogP contribution is -2.33. The van der Waals surface area contributed by atoms with E-state index in [0.29, 0.717) is 12.2 Å². The molecule has 1 aliphatic heterocycles. The molecule has 30 heavy (non-hydrogen) atoms. The molecule has 4 rings (SSSR count). The Bertz CT molecular complexity index is 1110. The maximum atomic E-state index is 13.4. The van der Waals surface area contributed by atoms with Gasteiger partial charge in [-0.15, -0.1) is 6.58 Å². The molecule has 0 radical (unpaired) electrons. The van der Waals surface area contributed by atoms with Crippen LogP contribution in [0.1, 0.15) is 16.7 Å². The molecule has 3 aromatic rings. The number of hydrogen-bond donors (Lipinski definition) is 1. The van der Waals surface area contributed by atoms with E-state index in [4.69, 9.17) is 4.74 Å². The summed E-state index contributed by atoms with van der Waals surface area (Å²) >= 11 is 0. The van der Waals surface area contributed by atoms with Gasteiger partial charge in [-0.05, 0) is 23.8 Å². The SMILES string of the molecule is C=CCOC1Nc2ccccc2C(c2ccccc2)=C1C(=O)/C=C/c1cncnc1. The predicted octanol–water partition coefficient (Wildman–Crippen LogP) is 4.52. The standard InChI is InChI=1S/C25H21N3O2/c1-2-14-30-25-24(22(29)13-12-18-15-26-17-27-16-18)23(19-8-4-3-5-9-19)20-10-6-7-11-21(20)28-25/h2-13,15-17,25,28H,1,14H2/b13-12+. The summed E-state index contributed by atoms with van der Waals surface area (Å²) in [5.41, 5.74) is 5.00. The molecule has 0 spiro atoms. The second-order valence-electron chi connectivity index (χ2n) is 6.72. The van der Waals surface area contributed by atoms with Crippen LogP contribution in [0.25, 0.3) is 11.6 Å². The molecule has 1 aromatic heterocycles. The first-order chi connectivity index (χ1) is 14.8. The molecule has 148 valence electrons. The van der Waals surface area contributed by atoms with Gasteiger partial charge in [-0.25, -0.2) is 9.97 Å². The van der Waals surface area contributed by atoms with Gasteiger partial charge in [-0.3, -0.25) is 4.79 Å². The van der Waals surface area contributed by atoms with Crippen molar-refractivity contribution in [3.8, 4) is 0 Å². The van der Waals surface area contributed by atoms with Crippen molar-refractivity contribution >= 4 is 23.1 Å². The van der Waals surface area contributed by atoms with Gasteiger partial charge in [0.25, 0.3) is 0 Å². The number of nitrogens with one attached hydrogen (secondary N) is 1. The molecule has 0 saturated carbocycles. The van der Waals surface area contributed by atoms with Crippen LogP contribution in [0.4, 0.5) is 5.69 Å². The minimum atomic E-state index is -0.600. The highest BCUT2D eigenvalue weighted by molar-refractivity contribution is 6.15. The van der Waals surface area contributed by atoms with Gasteiger partial charge < -0.3 is 10.1 Å². The summed E-state index contributed by atoms with van der Waals surface area (Å²) in [6.07, 6.45) is 9.09. The van der Waals surface area contributed by atoms with Crippen molar-refractivity contribution in [3.05, 3.63) is 114 Å². The number of carbonyl (C=O) groups excluding carboxylic acids is 1. The molecule has 0 bridgehead atoms. The summed E-state index contributed by atoms with van der Waals surface area (Å²) in [6.45, 7) is 4.05. The van der Waals surface area contributed by atoms with E-state index in [-0.39, 0.29) is 5.78 Å². The first kappa shape index (κ1) is 19.5. The Kier molecular flexibility index (Phi) is 5.92. The van der Waals surface area contributed by atoms with Crippen molar-refractivity contribution in [1.29, 1.82) is 0 Å². The molecule has 0 saturated heterocycles. The number of allylic oxidation sites excluding steroid dienone is 1. The van der Waals surface area contributed by atoms with Gasteiger partial charge in [-0.1, -0.05) is 54.6 Å². The Balaban J connectivity index is 1.86. The minimum Gasteiger partial charge on any atom is -0.356 e. The average Bonchev–Trinajstić information content (AvgIpc) is 2.81. The number of anilines is 1. The zero-order chi connectivity index (χ0) is 20.8. The topological polar surface area (TPSA) is 64.1 Å². The maximum absolute atomic E-state index is 13.4. The first-order valence-electron chi connectivity index (χ1n) is 9.63. The predicted molar refractivity (Wildman–Crippen MR) is 119 cm³/mol. The van der Waals surface area contributed by atoms with Crippen LogP contribution in [0, 0.1) is 0 Å². The van der Waals surface area contributed by atoms with Crippen LogP contribution >= 0.6 is 0 Å². The highest BCUT2D eigenvalue weighted by Gasteiger charge is 2.31. The second kappa shape index (κ2) is 9.11. The second-order valence-corrected chi connectivity index (χ2v) is 6.72. The Hall–Kier alpha value is -3.83. The van der Waals surface area contributed by atoms with E-state index >= 15 is 0 Å². The lowest BCUT2D eigenvalue weighted by Gasteiger charge is -2.31. The van der Waals surface area contributed by atoms with Crippen LogP contribution in [-0.2, 0) is 9.53 Å². The smallest absolute Gasteiger partial charge is 0.187 e. The largest absolute Gasteiger partial charge is 0.356 e. The zero-order valence-electron chi connectivity index (χ0n) is 16.4. The minimum absolute atomic E-state index is 0.145. The number of aromatic nitrogens is 2. The molecule has 0 amide bonds. The number of nitrogens with zero attached hydrogens (tertiary/aromatic N) is 2. The van der Waals surface area contributed by atoms with Gasteiger partial charge in [0.1, 0.15) is 6.33 Å². The number of ether oxygens (including phenoxy) is 1. The van der Waals surface area contributed by atoms with Crippen LogP contribution < -0.4 is 5.32 Å². The molecule has 5 nitrogen and oxygen atoms in total. The van der Waals surface area contributed by atoms with Gasteiger partial charge in [0.2, 0.25) is 0 Å². The van der Waals surface area contributed by atoms with E-state index in [0.717, 1.165) is 28.0 Å². The van der Waals surface area contributed by atoms with Crippen molar-refractivity contribution in [2.24, 2.45) is 0 Å². The maximum Gasteiger partial charge on any atom is 0.187 e. The normalized spacial score (nSPS) is 15.5. The third-order valence-electron chi connectivity index (χ3n) is 4.73. The third-order valence-corrected chi connectivity index (χ3v) is 4.73. The van der Waals surface area contributed by atoms with Gasteiger partial charge in [-0.2, -0.15) is 0 Å². The number of para-hydroxylation sites is 1. The van der Waals surface area contributed by atoms with Crippen molar-refractivity contribution in [1.82, 2.24) is 9.97 Å². The van der Waals surface area contributed by atoms with Crippen LogP contribution in [0.5, 0.6) is 0 Å². The molecule has 0 aliphatic carbocycles. The summed E-state index contributed by atoms with van der Waals surface area (Å²) in [6, 6.07) is 17.8. The number of rotatable bonds is 7. The van der Waals surface area contributed by atoms with Crippen LogP contribution in [0.3, 0.4) is 0 Å². The van der Waals surface area contributed by atoms with E-state index in [9.17, 15) is 4.79 Å². The van der Waals surface area contributed by atoms with E-state index in [1.807, 2.05) is 54.6 Å². The van der Waals surface area contributed by atoms with Gasteiger partial charge >= 0.3 is 0 Å². The van der Waals surface area contributed by atoms with E-state index in [1.54, 1.807) is 24.5 Å². The first-order valence-corrected chi connectivity index (χ1v) is 9.63. The van der Waals surface area contributed by atoms with Crippen molar-refractivity contribution < 1.29 is 9.53 Å². The Morgan fingerprint density at radius 1 is 1.07 bits per heavy atom. The fraction of sp³-hybridized carbons (Fsp3) is 0.0800. The molecule has 1 atom stereocenters. The number of carbonyl (C=O) groups is 1. The molecular weight excluding hydrogens is 374 g/mol. The summed E-state index contributed by atoms with van der Waals surface area (Å²) < 4.78 is 5.96. The Morgan fingerprint density at radius 3 is 2.57 bits per heavy atom. The molecule has 2 heterocycles. The van der Waals surface area contributed by atoms with Crippen LogP contribution in [0.2, 0.25) is 0 Å². The highest BCUT2D eigenvalue weighted by atomic mass is 16.5. The molecule has 0 fully saturated rings. The van der Waals surface area contributed by atoms with Crippen molar-refractivity contribution in [3.63, 3.8) is 0 Å². The average molecular weight is 395 g/mol. The van der Waals surface area contributed by atoms with Crippen LogP contribution in [0.15, 0.2) is 97.6 Å². The molecular formula is C25H21N3O2. The van der Waals surface area contributed by atoms with Gasteiger partial charge in [0.15, 0.2) is 12.0 Å². The molecule has 1 aliphatic rings. The fourth-order valence-corrected chi connectivity index (χ4v) is 3.43. The third kappa shape index (κ3) is 4.11. The number of ketones is 1. The number of benzene rings is 2. The summed E-state index contributed by atoms with van der Waals surface area (Å²) in [5, 5.41) is 3.35.